The summed E-state index contributed by atoms with van der Waals surface area (Å²) in [4.78, 5) is 11.4. The number of hydrogen-bond acceptors (Lipinski definition) is 4. The molecule has 1 aliphatic heterocycles. The fraction of sp³-hybridized carbons (Fsp3) is 0.733. The second-order valence-electron chi connectivity index (χ2n) is 6.48. The van der Waals surface area contributed by atoms with E-state index in [0.717, 1.165) is 31.2 Å². The van der Waals surface area contributed by atoms with E-state index in [0.29, 0.717) is 11.2 Å². The van der Waals surface area contributed by atoms with Gasteiger partial charge in [0.2, 0.25) is 0 Å². The van der Waals surface area contributed by atoms with E-state index in [1.54, 1.807) is 0 Å². The summed E-state index contributed by atoms with van der Waals surface area (Å²) in [6.45, 7) is 12.1. The van der Waals surface area contributed by atoms with Gasteiger partial charge >= 0.3 is 0 Å². The maximum Gasteiger partial charge on any atom is 0.137 e. The van der Waals surface area contributed by atoms with Crippen molar-refractivity contribution in [3.63, 3.8) is 0 Å². The molecule has 1 aromatic heterocycles. The number of hydrogen-bond donors (Lipinski definition) is 0. The van der Waals surface area contributed by atoms with E-state index in [1.807, 2.05) is 6.07 Å². The molecule has 0 N–H and O–H groups in total. The molecule has 2 unspecified atom stereocenters. The predicted octanol–water partition coefficient (Wildman–Crippen LogP) is 3.43. The highest BCUT2D eigenvalue weighted by atomic mass is 35.5. The summed E-state index contributed by atoms with van der Waals surface area (Å²) in [7, 11) is 0. The minimum atomic E-state index is -0.112. The lowest BCUT2D eigenvalue weighted by Crippen LogP contribution is -2.49. The fourth-order valence-corrected chi connectivity index (χ4v) is 2.53. The minimum Gasteiger partial charge on any atom is -0.375 e. The van der Waals surface area contributed by atoms with Crippen LogP contribution in [0.5, 0.6) is 0 Å². The molecule has 0 radical (unpaired) electrons. The summed E-state index contributed by atoms with van der Waals surface area (Å²) in [5, 5.41) is 0.508. The van der Waals surface area contributed by atoms with Crippen molar-refractivity contribution in [2.45, 2.75) is 58.6 Å². The van der Waals surface area contributed by atoms with Gasteiger partial charge in [0, 0.05) is 18.0 Å². The topological polar surface area (TPSA) is 38.2 Å². The zero-order valence-corrected chi connectivity index (χ0v) is 13.7. The first-order chi connectivity index (χ1) is 9.31. The van der Waals surface area contributed by atoms with Gasteiger partial charge in [0.15, 0.2) is 0 Å². The number of aromatic nitrogens is 2. The van der Waals surface area contributed by atoms with E-state index >= 15 is 0 Å². The van der Waals surface area contributed by atoms with Gasteiger partial charge in [-0.1, -0.05) is 39.3 Å². The van der Waals surface area contributed by atoms with Gasteiger partial charge in [-0.3, -0.25) is 0 Å². The molecular formula is C15H24ClN3O. The molecule has 0 aliphatic carbocycles. The van der Waals surface area contributed by atoms with Crippen LogP contribution in [0.4, 0.5) is 5.82 Å². The lowest BCUT2D eigenvalue weighted by Gasteiger charge is -2.39. The van der Waals surface area contributed by atoms with Crippen molar-refractivity contribution in [2.75, 3.05) is 18.1 Å². The van der Waals surface area contributed by atoms with Crippen molar-refractivity contribution in [3.05, 3.63) is 17.0 Å². The second-order valence-corrected chi connectivity index (χ2v) is 6.87. The number of rotatable bonds is 2. The van der Waals surface area contributed by atoms with Gasteiger partial charge in [0.1, 0.15) is 16.8 Å². The Balaban J connectivity index is 2.37. The van der Waals surface area contributed by atoms with Crippen molar-refractivity contribution in [3.8, 4) is 0 Å². The van der Waals surface area contributed by atoms with E-state index in [9.17, 15) is 0 Å². The number of anilines is 1. The van der Waals surface area contributed by atoms with Crippen LogP contribution in [0.2, 0.25) is 5.15 Å². The number of nitrogens with zero attached hydrogens (tertiary/aromatic N) is 3. The molecule has 4 nitrogen and oxygen atoms in total. The Labute approximate surface area is 126 Å². The average Bonchev–Trinajstić information content (AvgIpc) is 2.37. The molecule has 20 heavy (non-hydrogen) atoms. The summed E-state index contributed by atoms with van der Waals surface area (Å²) in [5.41, 5.74) is -0.112. The first-order valence-electron chi connectivity index (χ1n) is 7.24. The van der Waals surface area contributed by atoms with Crippen molar-refractivity contribution >= 4 is 17.4 Å². The van der Waals surface area contributed by atoms with Crippen LogP contribution in [0.1, 0.15) is 46.9 Å². The molecule has 2 rings (SSSR count). The zero-order valence-electron chi connectivity index (χ0n) is 13.0. The monoisotopic (exact) mass is 297 g/mol. The molecule has 0 aromatic carbocycles. The molecule has 0 bridgehead atoms. The summed E-state index contributed by atoms with van der Waals surface area (Å²) in [6.07, 6.45) is 1.24. The van der Waals surface area contributed by atoms with Gasteiger partial charge in [-0.2, -0.15) is 0 Å². The lowest BCUT2D eigenvalue weighted by molar-refractivity contribution is 0.0296. The van der Waals surface area contributed by atoms with E-state index < -0.39 is 0 Å². The Morgan fingerprint density at radius 2 is 2.10 bits per heavy atom. The van der Waals surface area contributed by atoms with Gasteiger partial charge < -0.3 is 9.64 Å². The van der Waals surface area contributed by atoms with Crippen LogP contribution in [-0.4, -0.2) is 35.3 Å². The largest absolute Gasteiger partial charge is 0.375 e. The van der Waals surface area contributed by atoms with E-state index in [1.165, 1.54) is 0 Å². The molecule has 2 heterocycles. The second kappa shape index (κ2) is 5.86. The molecule has 1 saturated heterocycles. The Hall–Kier alpha value is -0.870. The van der Waals surface area contributed by atoms with Gasteiger partial charge in [-0.05, 0) is 13.3 Å². The summed E-state index contributed by atoms with van der Waals surface area (Å²) in [5.74, 6) is 1.70. The Kier molecular flexibility index (Phi) is 4.55. The number of morpholine rings is 1. The molecule has 0 saturated carbocycles. The zero-order chi connectivity index (χ0) is 14.9. The van der Waals surface area contributed by atoms with Crippen LogP contribution in [-0.2, 0) is 10.2 Å². The van der Waals surface area contributed by atoms with E-state index in [2.05, 4.69) is 44.5 Å². The summed E-state index contributed by atoms with van der Waals surface area (Å²) < 4.78 is 5.74. The summed E-state index contributed by atoms with van der Waals surface area (Å²) >= 11 is 6.19. The molecule has 1 aliphatic rings. The molecule has 112 valence electrons. The lowest BCUT2D eigenvalue weighted by atomic mass is 9.96. The highest BCUT2D eigenvalue weighted by Crippen LogP contribution is 2.27. The van der Waals surface area contributed by atoms with Crippen molar-refractivity contribution in [2.24, 2.45) is 0 Å². The maximum atomic E-state index is 6.19. The van der Waals surface area contributed by atoms with Crippen molar-refractivity contribution in [1.29, 1.82) is 0 Å². The smallest absolute Gasteiger partial charge is 0.137 e. The van der Waals surface area contributed by atoms with Crippen LogP contribution in [0.25, 0.3) is 0 Å². The third-order valence-electron chi connectivity index (χ3n) is 3.59. The van der Waals surface area contributed by atoms with Gasteiger partial charge in [-0.15, -0.1) is 0 Å². The quantitative estimate of drug-likeness (QED) is 0.784. The fourth-order valence-electron chi connectivity index (χ4n) is 2.35. The Bertz CT molecular complexity index is 473. The number of ether oxygens (including phenoxy) is 1. The molecule has 1 fully saturated rings. The van der Waals surface area contributed by atoms with Crippen LogP contribution in [0, 0.1) is 0 Å². The van der Waals surface area contributed by atoms with E-state index in [-0.39, 0.29) is 11.5 Å². The molecule has 1 aromatic rings. The van der Waals surface area contributed by atoms with Crippen LogP contribution in [0.3, 0.4) is 0 Å². The van der Waals surface area contributed by atoms with Crippen molar-refractivity contribution in [1.82, 2.24) is 9.97 Å². The Morgan fingerprint density at radius 3 is 2.70 bits per heavy atom. The van der Waals surface area contributed by atoms with Gasteiger partial charge in [-0.25, -0.2) is 9.97 Å². The third kappa shape index (κ3) is 3.41. The molecule has 5 heteroatoms. The molecular weight excluding hydrogens is 274 g/mol. The standard InChI is InChI=1S/C15H24ClN3O/c1-6-11-9-20-10(2)8-19(11)13-7-12(16)17-14(18-13)15(3,4)5/h7,10-11H,6,8-9H2,1-5H3. The van der Waals surface area contributed by atoms with Gasteiger partial charge in [0.25, 0.3) is 0 Å². The maximum absolute atomic E-state index is 6.19. The minimum absolute atomic E-state index is 0.112. The van der Waals surface area contributed by atoms with Crippen LogP contribution < -0.4 is 4.90 Å². The highest BCUT2D eigenvalue weighted by molar-refractivity contribution is 6.29. The van der Waals surface area contributed by atoms with E-state index in [4.69, 9.17) is 21.3 Å². The predicted molar refractivity (Wildman–Crippen MR) is 82.6 cm³/mol. The number of halogens is 1. The molecule has 0 spiro atoms. The normalized spacial score (nSPS) is 24.0. The summed E-state index contributed by atoms with van der Waals surface area (Å²) in [6, 6.07) is 2.21. The first kappa shape index (κ1) is 15.5. The van der Waals surface area contributed by atoms with Crippen LogP contribution in [0.15, 0.2) is 6.07 Å². The SMILES string of the molecule is CCC1COC(C)CN1c1cc(Cl)nc(C(C)(C)C)n1. The first-order valence-corrected chi connectivity index (χ1v) is 7.62. The highest BCUT2D eigenvalue weighted by Gasteiger charge is 2.28. The van der Waals surface area contributed by atoms with Gasteiger partial charge in [0.05, 0.1) is 18.8 Å². The molecule has 0 amide bonds. The Morgan fingerprint density at radius 1 is 1.40 bits per heavy atom. The third-order valence-corrected chi connectivity index (χ3v) is 3.78. The van der Waals surface area contributed by atoms with Crippen LogP contribution >= 0.6 is 11.6 Å². The molecule has 2 atom stereocenters. The van der Waals surface area contributed by atoms with Crippen molar-refractivity contribution < 1.29 is 4.74 Å². The average molecular weight is 298 g/mol.